The minimum absolute atomic E-state index is 0.0251. The van der Waals surface area contributed by atoms with Crippen LogP contribution in [-0.2, 0) is 28.6 Å². The molecule has 222 valence electrons. The SMILES string of the molecule is CC(C)(C)OC(=O)COC1CCN(C(=O)[C@@H]2CCCN2C(=O)CCC2CCN(C(=O)OC(C)(C)C)CC2)CC1. The lowest BCUT2D eigenvalue weighted by atomic mass is 9.92. The summed E-state index contributed by atoms with van der Waals surface area (Å²) in [5, 5.41) is 0. The highest BCUT2D eigenvalue weighted by Crippen LogP contribution is 2.27. The number of ether oxygens (including phenoxy) is 3. The molecule has 1 atom stereocenters. The van der Waals surface area contributed by atoms with E-state index in [0.717, 1.165) is 25.7 Å². The number of piperidine rings is 2. The molecule has 0 aromatic carbocycles. The first-order valence-corrected chi connectivity index (χ1v) is 14.6. The molecule has 0 saturated carbocycles. The molecule has 39 heavy (non-hydrogen) atoms. The molecular weight excluding hydrogens is 502 g/mol. The van der Waals surface area contributed by atoms with E-state index >= 15 is 0 Å². The first-order chi connectivity index (χ1) is 18.2. The molecule has 0 bridgehead atoms. The van der Waals surface area contributed by atoms with Gasteiger partial charge >= 0.3 is 12.1 Å². The van der Waals surface area contributed by atoms with Gasteiger partial charge in [-0.05, 0) is 92.4 Å². The molecule has 3 aliphatic rings. The number of amides is 3. The molecule has 10 heteroatoms. The summed E-state index contributed by atoms with van der Waals surface area (Å²) in [5.41, 5.74) is -1.05. The zero-order valence-electron chi connectivity index (χ0n) is 24.8. The Kier molecular flexibility index (Phi) is 10.7. The molecule has 0 unspecified atom stereocenters. The molecular formula is C29H49N3O7. The molecule has 3 saturated heterocycles. The summed E-state index contributed by atoms with van der Waals surface area (Å²) < 4.78 is 16.5. The van der Waals surface area contributed by atoms with Crippen LogP contribution in [0.1, 0.15) is 92.9 Å². The van der Waals surface area contributed by atoms with Crippen molar-refractivity contribution in [2.75, 3.05) is 39.3 Å². The molecule has 3 aliphatic heterocycles. The summed E-state index contributed by atoms with van der Waals surface area (Å²) in [6.45, 7) is 14.0. The van der Waals surface area contributed by atoms with Crippen molar-refractivity contribution in [3.05, 3.63) is 0 Å². The first kappa shape index (κ1) is 31.2. The Hall–Kier alpha value is -2.36. The van der Waals surface area contributed by atoms with Gasteiger partial charge in [-0.1, -0.05) is 0 Å². The summed E-state index contributed by atoms with van der Waals surface area (Å²) in [5.74, 6) is 0.0897. The van der Waals surface area contributed by atoms with Crippen LogP contribution in [0.25, 0.3) is 0 Å². The molecule has 0 aromatic rings. The van der Waals surface area contributed by atoms with E-state index in [1.54, 1.807) is 9.80 Å². The molecule has 3 heterocycles. The van der Waals surface area contributed by atoms with Crippen molar-refractivity contribution >= 4 is 23.9 Å². The quantitative estimate of drug-likeness (QED) is 0.444. The van der Waals surface area contributed by atoms with Gasteiger partial charge in [-0.25, -0.2) is 9.59 Å². The summed E-state index contributed by atoms with van der Waals surface area (Å²) in [6.07, 6.45) is 5.45. The Labute approximate surface area is 233 Å². The van der Waals surface area contributed by atoms with Gasteiger partial charge in [0.1, 0.15) is 23.9 Å². The minimum Gasteiger partial charge on any atom is -0.458 e. The third-order valence-corrected chi connectivity index (χ3v) is 7.50. The fourth-order valence-electron chi connectivity index (χ4n) is 5.53. The first-order valence-electron chi connectivity index (χ1n) is 14.6. The van der Waals surface area contributed by atoms with E-state index < -0.39 is 11.2 Å². The Morgan fingerprint density at radius 2 is 1.33 bits per heavy atom. The number of esters is 1. The van der Waals surface area contributed by atoms with E-state index in [1.807, 2.05) is 46.4 Å². The predicted octanol–water partition coefficient (Wildman–Crippen LogP) is 3.75. The maximum atomic E-state index is 13.3. The highest BCUT2D eigenvalue weighted by molar-refractivity contribution is 5.88. The van der Waals surface area contributed by atoms with E-state index in [4.69, 9.17) is 14.2 Å². The molecule has 0 spiro atoms. The van der Waals surface area contributed by atoms with Gasteiger partial charge in [0.15, 0.2) is 0 Å². The average molecular weight is 552 g/mol. The summed E-state index contributed by atoms with van der Waals surface area (Å²) >= 11 is 0. The van der Waals surface area contributed by atoms with E-state index in [9.17, 15) is 19.2 Å². The molecule has 0 N–H and O–H groups in total. The van der Waals surface area contributed by atoms with E-state index in [-0.39, 0.29) is 42.6 Å². The van der Waals surface area contributed by atoms with Gasteiger partial charge in [0.05, 0.1) is 6.10 Å². The Morgan fingerprint density at radius 3 is 1.92 bits per heavy atom. The highest BCUT2D eigenvalue weighted by Gasteiger charge is 2.38. The van der Waals surface area contributed by atoms with Crippen molar-refractivity contribution < 1.29 is 33.4 Å². The summed E-state index contributed by atoms with van der Waals surface area (Å²) in [6, 6.07) is -0.384. The predicted molar refractivity (Wildman–Crippen MR) is 146 cm³/mol. The largest absolute Gasteiger partial charge is 0.458 e. The lowest BCUT2D eigenvalue weighted by molar-refractivity contribution is -0.163. The van der Waals surface area contributed by atoms with Gasteiger partial charge in [-0.2, -0.15) is 0 Å². The number of rotatable bonds is 7. The standard InChI is InChI=1S/C29H49N3O7/c1-28(2,3)38-25(34)20-37-22-13-18-30(19-14-22)26(35)23-8-7-15-32(23)24(33)10-9-21-11-16-31(17-12-21)27(36)39-29(4,5)6/h21-23H,7-20H2,1-6H3/t23-/m0/s1. The van der Waals surface area contributed by atoms with Crippen molar-refractivity contribution in [3.63, 3.8) is 0 Å². The third-order valence-electron chi connectivity index (χ3n) is 7.50. The zero-order valence-corrected chi connectivity index (χ0v) is 24.8. The van der Waals surface area contributed by atoms with Crippen LogP contribution >= 0.6 is 0 Å². The smallest absolute Gasteiger partial charge is 0.410 e. The summed E-state index contributed by atoms with van der Waals surface area (Å²) in [4.78, 5) is 56.0. The zero-order chi connectivity index (χ0) is 28.8. The third kappa shape index (κ3) is 9.96. The van der Waals surface area contributed by atoms with Crippen molar-refractivity contribution in [1.29, 1.82) is 0 Å². The van der Waals surface area contributed by atoms with Crippen LogP contribution in [0.2, 0.25) is 0 Å². The van der Waals surface area contributed by atoms with Crippen LogP contribution in [0.15, 0.2) is 0 Å². The van der Waals surface area contributed by atoms with Gasteiger partial charge in [0.2, 0.25) is 11.8 Å². The number of nitrogens with zero attached hydrogens (tertiary/aromatic N) is 3. The number of hydrogen-bond donors (Lipinski definition) is 0. The average Bonchev–Trinajstić information content (AvgIpc) is 3.34. The number of carbonyl (C=O) groups is 4. The fraction of sp³-hybridized carbons (Fsp3) is 0.862. The van der Waals surface area contributed by atoms with Crippen LogP contribution < -0.4 is 0 Å². The van der Waals surface area contributed by atoms with E-state index in [1.165, 1.54) is 0 Å². The maximum absolute atomic E-state index is 13.3. The monoisotopic (exact) mass is 551 g/mol. The van der Waals surface area contributed by atoms with Crippen LogP contribution in [0, 0.1) is 5.92 Å². The molecule has 3 rings (SSSR count). The van der Waals surface area contributed by atoms with Crippen molar-refractivity contribution in [1.82, 2.24) is 14.7 Å². The Bertz CT molecular complexity index is 863. The molecule has 0 radical (unpaired) electrons. The second kappa shape index (κ2) is 13.3. The fourth-order valence-corrected chi connectivity index (χ4v) is 5.53. The Morgan fingerprint density at radius 1 is 0.744 bits per heavy atom. The van der Waals surface area contributed by atoms with Crippen molar-refractivity contribution in [2.24, 2.45) is 5.92 Å². The molecule has 3 fully saturated rings. The van der Waals surface area contributed by atoms with Crippen LogP contribution in [0.4, 0.5) is 4.79 Å². The van der Waals surface area contributed by atoms with Gasteiger partial charge in [0.25, 0.3) is 0 Å². The number of carbonyl (C=O) groups excluding carboxylic acids is 4. The second-order valence-electron chi connectivity index (χ2n) is 13.1. The number of hydrogen-bond acceptors (Lipinski definition) is 7. The minimum atomic E-state index is -0.541. The van der Waals surface area contributed by atoms with Gasteiger partial charge < -0.3 is 28.9 Å². The van der Waals surface area contributed by atoms with Gasteiger partial charge in [-0.3, -0.25) is 9.59 Å². The number of likely N-dealkylation sites (tertiary alicyclic amines) is 3. The Balaban J connectivity index is 1.38. The maximum Gasteiger partial charge on any atom is 0.410 e. The van der Waals surface area contributed by atoms with Crippen molar-refractivity contribution in [2.45, 2.75) is 116 Å². The van der Waals surface area contributed by atoms with E-state index in [0.29, 0.717) is 64.3 Å². The lowest BCUT2D eigenvalue weighted by Gasteiger charge is -2.36. The van der Waals surface area contributed by atoms with Gasteiger partial charge in [-0.15, -0.1) is 0 Å². The lowest BCUT2D eigenvalue weighted by Crippen LogP contribution is -2.50. The topological polar surface area (TPSA) is 106 Å². The highest BCUT2D eigenvalue weighted by atomic mass is 16.6. The van der Waals surface area contributed by atoms with Crippen LogP contribution in [0.5, 0.6) is 0 Å². The van der Waals surface area contributed by atoms with E-state index in [2.05, 4.69) is 0 Å². The molecule has 0 aliphatic carbocycles. The van der Waals surface area contributed by atoms with Gasteiger partial charge in [0, 0.05) is 39.1 Å². The second-order valence-corrected chi connectivity index (χ2v) is 13.1. The van der Waals surface area contributed by atoms with Crippen molar-refractivity contribution in [3.8, 4) is 0 Å². The summed E-state index contributed by atoms with van der Waals surface area (Å²) in [7, 11) is 0. The molecule has 0 aromatic heterocycles. The molecule has 3 amide bonds. The van der Waals surface area contributed by atoms with Crippen LogP contribution in [0.3, 0.4) is 0 Å². The normalized spacial score (nSPS) is 21.7. The molecule has 10 nitrogen and oxygen atoms in total. The van der Waals surface area contributed by atoms with Crippen LogP contribution in [-0.4, -0.2) is 101 Å².